The van der Waals surface area contributed by atoms with Crippen molar-refractivity contribution in [1.29, 1.82) is 0 Å². The Morgan fingerprint density at radius 3 is 2.43 bits per heavy atom. The fourth-order valence-electron chi connectivity index (χ4n) is 3.74. The number of amides is 1. The van der Waals surface area contributed by atoms with Crippen molar-refractivity contribution >= 4 is 11.9 Å². The Kier molecular flexibility index (Phi) is 5.25. The molecule has 1 heterocycles. The van der Waals surface area contributed by atoms with Crippen LogP contribution >= 0.6 is 0 Å². The molecular formula is C16H28N2O3. The Bertz CT molecular complexity index is 389. The SMILES string of the molecule is CC1(C)CCCNC1C(=O)NC(C(=O)O)C1CCCCC1. The zero-order valence-electron chi connectivity index (χ0n) is 13.2. The quantitative estimate of drug-likeness (QED) is 0.740. The van der Waals surface area contributed by atoms with E-state index in [0.717, 1.165) is 45.1 Å². The van der Waals surface area contributed by atoms with Gasteiger partial charge in [-0.2, -0.15) is 0 Å². The molecule has 1 aliphatic carbocycles. The molecule has 0 aromatic carbocycles. The highest BCUT2D eigenvalue weighted by atomic mass is 16.4. The molecule has 1 saturated carbocycles. The van der Waals surface area contributed by atoms with E-state index in [0.29, 0.717) is 0 Å². The summed E-state index contributed by atoms with van der Waals surface area (Å²) in [6, 6.07) is -1.03. The zero-order chi connectivity index (χ0) is 15.5. The summed E-state index contributed by atoms with van der Waals surface area (Å²) >= 11 is 0. The summed E-state index contributed by atoms with van der Waals surface area (Å²) in [6.45, 7) is 4.96. The van der Waals surface area contributed by atoms with E-state index >= 15 is 0 Å². The van der Waals surface area contributed by atoms with Crippen molar-refractivity contribution in [3.05, 3.63) is 0 Å². The van der Waals surface area contributed by atoms with Crippen molar-refractivity contribution in [3.63, 3.8) is 0 Å². The van der Waals surface area contributed by atoms with Crippen LogP contribution in [0.1, 0.15) is 58.8 Å². The van der Waals surface area contributed by atoms with Gasteiger partial charge in [0.2, 0.25) is 5.91 Å². The van der Waals surface area contributed by atoms with Crippen molar-refractivity contribution in [2.45, 2.75) is 70.9 Å². The monoisotopic (exact) mass is 296 g/mol. The molecule has 0 aromatic heterocycles. The van der Waals surface area contributed by atoms with Crippen LogP contribution in [-0.2, 0) is 9.59 Å². The molecule has 1 aliphatic heterocycles. The van der Waals surface area contributed by atoms with E-state index in [9.17, 15) is 14.7 Å². The number of aliphatic carboxylic acids is 1. The maximum atomic E-state index is 12.5. The van der Waals surface area contributed by atoms with Gasteiger partial charge in [0, 0.05) is 0 Å². The molecule has 21 heavy (non-hydrogen) atoms. The molecule has 120 valence electrons. The molecule has 1 amide bonds. The van der Waals surface area contributed by atoms with E-state index in [2.05, 4.69) is 24.5 Å². The topological polar surface area (TPSA) is 78.4 Å². The molecule has 2 atom stereocenters. The van der Waals surface area contributed by atoms with E-state index in [1.165, 1.54) is 6.42 Å². The first kappa shape index (κ1) is 16.3. The molecule has 2 fully saturated rings. The molecule has 0 radical (unpaired) electrons. The van der Waals surface area contributed by atoms with Crippen molar-refractivity contribution in [3.8, 4) is 0 Å². The van der Waals surface area contributed by atoms with Crippen LogP contribution in [0.4, 0.5) is 0 Å². The van der Waals surface area contributed by atoms with E-state index in [-0.39, 0.29) is 23.3 Å². The standard InChI is InChI=1S/C16H28N2O3/c1-16(2)9-6-10-17-13(16)14(19)18-12(15(20)21)11-7-4-3-5-8-11/h11-13,17H,3-10H2,1-2H3,(H,18,19)(H,20,21). The number of nitrogens with one attached hydrogen (secondary N) is 2. The second kappa shape index (κ2) is 6.77. The third-order valence-corrected chi connectivity index (χ3v) is 5.08. The van der Waals surface area contributed by atoms with Gasteiger partial charge in [0.05, 0.1) is 6.04 Å². The number of carboxylic acid groups (broad SMARTS) is 1. The third kappa shape index (κ3) is 3.96. The van der Waals surface area contributed by atoms with Gasteiger partial charge < -0.3 is 15.7 Å². The number of carboxylic acids is 1. The van der Waals surface area contributed by atoms with E-state index in [4.69, 9.17) is 0 Å². The Morgan fingerprint density at radius 2 is 1.86 bits per heavy atom. The number of carbonyl (C=O) groups excluding carboxylic acids is 1. The number of rotatable bonds is 4. The number of piperidine rings is 1. The average Bonchev–Trinajstić information content (AvgIpc) is 2.44. The fraction of sp³-hybridized carbons (Fsp3) is 0.875. The highest BCUT2D eigenvalue weighted by molar-refractivity contribution is 5.87. The number of hydrogen-bond acceptors (Lipinski definition) is 3. The zero-order valence-corrected chi connectivity index (χ0v) is 13.2. The van der Waals surface area contributed by atoms with Crippen LogP contribution < -0.4 is 10.6 Å². The summed E-state index contributed by atoms with van der Waals surface area (Å²) in [5.41, 5.74) is -0.127. The Labute approximate surface area is 126 Å². The molecule has 2 aliphatic rings. The van der Waals surface area contributed by atoms with Crippen molar-refractivity contribution < 1.29 is 14.7 Å². The van der Waals surface area contributed by atoms with Crippen LogP contribution in [0, 0.1) is 11.3 Å². The smallest absolute Gasteiger partial charge is 0.326 e. The average molecular weight is 296 g/mol. The van der Waals surface area contributed by atoms with Crippen molar-refractivity contribution in [2.75, 3.05) is 6.54 Å². The molecule has 0 spiro atoms. The van der Waals surface area contributed by atoms with Crippen LogP contribution in [-0.4, -0.2) is 35.6 Å². The highest BCUT2D eigenvalue weighted by Crippen LogP contribution is 2.31. The molecule has 0 aromatic rings. The summed E-state index contributed by atoms with van der Waals surface area (Å²) in [4.78, 5) is 24.1. The lowest BCUT2D eigenvalue weighted by molar-refractivity contribution is -0.145. The van der Waals surface area contributed by atoms with E-state index in [1.807, 2.05) is 0 Å². The molecule has 1 saturated heterocycles. The lowest BCUT2D eigenvalue weighted by Gasteiger charge is -2.39. The molecule has 3 N–H and O–H groups in total. The van der Waals surface area contributed by atoms with Crippen LogP contribution in [0.5, 0.6) is 0 Å². The predicted octanol–water partition coefficient (Wildman–Crippen LogP) is 1.91. The minimum Gasteiger partial charge on any atom is -0.480 e. The first-order valence-electron chi connectivity index (χ1n) is 8.18. The first-order chi connectivity index (χ1) is 9.92. The van der Waals surface area contributed by atoms with E-state index < -0.39 is 12.0 Å². The van der Waals surface area contributed by atoms with Gasteiger partial charge in [-0.25, -0.2) is 4.79 Å². The Morgan fingerprint density at radius 1 is 1.19 bits per heavy atom. The molecule has 5 heteroatoms. The summed E-state index contributed by atoms with van der Waals surface area (Å²) in [5.74, 6) is -0.978. The van der Waals surface area contributed by atoms with Gasteiger partial charge >= 0.3 is 5.97 Å². The van der Waals surface area contributed by atoms with Gasteiger partial charge in [-0.1, -0.05) is 33.1 Å². The summed E-state index contributed by atoms with van der Waals surface area (Å²) < 4.78 is 0. The second-order valence-electron chi connectivity index (χ2n) is 7.20. The molecular weight excluding hydrogens is 268 g/mol. The van der Waals surface area contributed by atoms with Crippen LogP contribution in [0.25, 0.3) is 0 Å². The summed E-state index contributed by atoms with van der Waals surface area (Å²) in [7, 11) is 0. The maximum Gasteiger partial charge on any atom is 0.326 e. The van der Waals surface area contributed by atoms with E-state index in [1.54, 1.807) is 0 Å². The lowest BCUT2D eigenvalue weighted by atomic mass is 9.76. The van der Waals surface area contributed by atoms with Crippen molar-refractivity contribution in [2.24, 2.45) is 11.3 Å². The number of hydrogen-bond donors (Lipinski definition) is 3. The number of carbonyl (C=O) groups is 2. The van der Waals surface area contributed by atoms with Gasteiger partial charge in [-0.05, 0) is 43.6 Å². The van der Waals surface area contributed by atoms with Crippen LogP contribution in [0.15, 0.2) is 0 Å². The largest absolute Gasteiger partial charge is 0.480 e. The molecule has 5 nitrogen and oxygen atoms in total. The third-order valence-electron chi connectivity index (χ3n) is 5.08. The van der Waals surface area contributed by atoms with Crippen LogP contribution in [0.2, 0.25) is 0 Å². The fourth-order valence-corrected chi connectivity index (χ4v) is 3.74. The van der Waals surface area contributed by atoms with Gasteiger partial charge in [0.25, 0.3) is 0 Å². The lowest BCUT2D eigenvalue weighted by Crippen LogP contribution is -2.59. The van der Waals surface area contributed by atoms with Gasteiger partial charge in [-0.15, -0.1) is 0 Å². The minimum atomic E-state index is -0.899. The van der Waals surface area contributed by atoms with Crippen LogP contribution in [0.3, 0.4) is 0 Å². The second-order valence-corrected chi connectivity index (χ2v) is 7.20. The Balaban J connectivity index is 2.02. The predicted molar refractivity (Wildman–Crippen MR) is 80.9 cm³/mol. The van der Waals surface area contributed by atoms with Crippen molar-refractivity contribution in [1.82, 2.24) is 10.6 Å². The first-order valence-corrected chi connectivity index (χ1v) is 8.18. The molecule has 2 unspecified atom stereocenters. The minimum absolute atomic E-state index is 0.0758. The summed E-state index contributed by atoms with van der Waals surface area (Å²) in [6.07, 6.45) is 7.15. The van der Waals surface area contributed by atoms with Gasteiger partial charge in [0.1, 0.15) is 6.04 Å². The Hall–Kier alpha value is -1.10. The molecule has 0 bridgehead atoms. The molecule has 2 rings (SSSR count). The highest BCUT2D eigenvalue weighted by Gasteiger charge is 2.39. The normalized spacial score (nSPS) is 27.8. The summed E-state index contributed by atoms with van der Waals surface area (Å²) in [5, 5.41) is 15.5. The van der Waals surface area contributed by atoms with Gasteiger partial charge in [-0.3, -0.25) is 4.79 Å². The maximum absolute atomic E-state index is 12.5. The van der Waals surface area contributed by atoms with Gasteiger partial charge in [0.15, 0.2) is 0 Å².